The van der Waals surface area contributed by atoms with Crippen LogP contribution in [0.1, 0.15) is 54.5 Å². The first-order valence-corrected chi connectivity index (χ1v) is 9.76. The molecule has 4 rings (SSSR count). The number of fused-ring (bicyclic) bond motifs is 2. The highest BCUT2D eigenvalue weighted by Gasteiger charge is 2.32. The second kappa shape index (κ2) is 6.72. The highest BCUT2D eigenvalue weighted by Crippen LogP contribution is 2.46. The Kier molecular flexibility index (Phi) is 4.51. The summed E-state index contributed by atoms with van der Waals surface area (Å²) in [6.07, 6.45) is 4.96. The lowest BCUT2D eigenvalue weighted by molar-refractivity contribution is 0.395. The number of halogens is 2. The normalized spacial score (nSPS) is 23.4. The summed E-state index contributed by atoms with van der Waals surface area (Å²) in [5, 5.41) is 7.60. The van der Waals surface area contributed by atoms with Gasteiger partial charge in [0.25, 0.3) is 0 Å². The molecule has 4 heteroatoms. The SMILES string of the molecule is C=C1C=Cc2c(cc(F)cc2NC2c3ccc(Cl)c(C)c3C(C)CC2C)N1. The van der Waals surface area contributed by atoms with Crippen LogP contribution in [0.15, 0.2) is 42.6 Å². The Balaban J connectivity index is 1.79. The van der Waals surface area contributed by atoms with Crippen molar-refractivity contribution in [1.29, 1.82) is 0 Å². The molecule has 0 amide bonds. The largest absolute Gasteiger partial charge is 0.377 e. The lowest BCUT2D eigenvalue weighted by atomic mass is 9.73. The second-order valence-corrected chi connectivity index (χ2v) is 8.22. The van der Waals surface area contributed by atoms with Crippen molar-refractivity contribution in [3.8, 4) is 0 Å². The van der Waals surface area contributed by atoms with Gasteiger partial charge >= 0.3 is 0 Å². The zero-order chi connectivity index (χ0) is 19.3. The van der Waals surface area contributed by atoms with Gasteiger partial charge in [-0.3, -0.25) is 0 Å². The van der Waals surface area contributed by atoms with Crippen molar-refractivity contribution in [1.82, 2.24) is 0 Å². The van der Waals surface area contributed by atoms with E-state index in [1.807, 2.05) is 18.2 Å². The average molecular weight is 383 g/mol. The maximum Gasteiger partial charge on any atom is 0.127 e. The van der Waals surface area contributed by atoms with Crippen LogP contribution in [-0.2, 0) is 0 Å². The Morgan fingerprint density at radius 3 is 2.78 bits per heavy atom. The van der Waals surface area contributed by atoms with Gasteiger partial charge in [-0.1, -0.05) is 38.1 Å². The van der Waals surface area contributed by atoms with E-state index in [0.717, 1.165) is 39.6 Å². The summed E-state index contributed by atoms with van der Waals surface area (Å²) >= 11 is 6.39. The number of nitrogens with one attached hydrogen (secondary N) is 2. The summed E-state index contributed by atoms with van der Waals surface area (Å²) < 4.78 is 14.3. The quantitative estimate of drug-likeness (QED) is 0.582. The fraction of sp³-hybridized carbons (Fsp3) is 0.304. The van der Waals surface area contributed by atoms with E-state index in [1.54, 1.807) is 6.07 Å². The Hall–Kier alpha value is -2.26. The van der Waals surface area contributed by atoms with E-state index in [-0.39, 0.29) is 11.9 Å². The van der Waals surface area contributed by atoms with Gasteiger partial charge in [0, 0.05) is 22.0 Å². The van der Waals surface area contributed by atoms with Gasteiger partial charge in [0.2, 0.25) is 0 Å². The fourth-order valence-electron chi connectivity index (χ4n) is 4.57. The van der Waals surface area contributed by atoms with Gasteiger partial charge in [-0.25, -0.2) is 4.39 Å². The zero-order valence-electron chi connectivity index (χ0n) is 15.9. The molecule has 3 unspecified atom stereocenters. The Morgan fingerprint density at radius 1 is 1.22 bits per heavy atom. The molecule has 0 saturated heterocycles. The number of hydrogen-bond donors (Lipinski definition) is 2. The number of hydrogen-bond acceptors (Lipinski definition) is 2. The lowest BCUT2D eigenvalue weighted by Crippen LogP contribution is -2.27. The molecular weight excluding hydrogens is 359 g/mol. The van der Waals surface area contributed by atoms with Gasteiger partial charge in [0.15, 0.2) is 0 Å². The van der Waals surface area contributed by atoms with Crippen LogP contribution in [0, 0.1) is 18.7 Å². The molecule has 3 atom stereocenters. The molecule has 1 aliphatic heterocycles. The van der Waals surface area contributed by atoms with Crippen LogP contribution in [-0.4, -0.2) is 0 Å². The Labute approximate surface area is 165 Å². The molecule has 0 radical (unpaired) electrons. The van der Waals surface area contributed by atoms with E-state index in [0.29, 0.717) is 11.8 Å². The number of allylic oxidation sites excluding steroid dienone is 1. The number of anilines is 2. The minimum Gasteiger partial charge on any atom is -0.377 e. The molecule has 1 heterocycles. The molecule has 0 fully saturated rings. The topological polar surface area (TPSA) is 24.1 Å². The lowest BCUT2D eigenvalue weighted by Gasteiger charge is -2.38. The van der Waals surface area contributed by atoms with Gasteiger partial charge in [-0.05, 0) is 72.2 Å². The van der Waals surface area contributed by atoms with E-state index in [2.05, 4.69) is 44.1 Å². The van der Waals surface area contributed by atoms with Gasteiger partial charge in [0.1, 0.15) is 5.82 Å². The summed E-state index contributed by atoms with van der Waals surface area (Å²) in [6.45, 7) is 10.5. The monoisotopic (exact) mass is 382 g/mol. The Bertz CT molecular complexity index is 963. The maximum atomic E-state index is 14.3. The third-order valence-corrected chi connectivity index (χ3v) is 6.22. The third kappa shape index (κ3) is 3.14. The minimum absolute atomic E-state index is 0.108. The highest BCUT2D eigenvalue weighted by atomic mass is 35.5. The highest BCUT2D eigenvalue weighted by molar-refractivity contribution is 6.31. The summed E-state index contributed by atoms with van der Waals surface area (Å²) in [7, 11) is 0. The molecule has 0 aromatic heterocycles. The molecule has 2 aliphatic rings. The zero-order valence-corrected chi connectivity index (χ0v) is 16.6. The van der Waals surface area contributed by atoms with Crippen LogP contribution < -0.4 is 10.6 Å². The first kappa shape index (κ1) is 18.1. The van der Waals surface area contributed by atoms with Crippen molar-refractivity contribution in [3.05, 3.63) is 75.7 Å². The predicted molar refractivity (Wildman–Crippen MR) is 113 cm³/mol. The van der Waals surface area contributed by atoms with E-state index in [4.69, 9.17) is 11.6 Å². The smallest absolute Gasteiger partial charge is 0.127 e. The van der Waals surface area contributed by atoms with Gasteiger partial charge in [-0.15, -0.1) is 0 Å². The van der Waals surface area contributed by atoms with Crippen molar-refractivity contribution in [2.75, 3.05) is 10.6 Å². The van der Waals surface area contributed by atoms with Crippen LogP contribution in [0.4, 0.5) is 15.8 Å². The molecule has 27 heavy (non-hydrogen) atoms. The van der Waals surface area contributed by atoms with Gasteiger partial charge in [-0.2, -0.15) is 0 Å². The van der Waals surface area contributed by atoms with Crippen LogP contribution in [0.2, 0.25) is 5.02 Å². The molecule has 140 valence electrons. The molecule has 2 aromatic rings. The molecule has 0 spiro atoms. The fourth-order valence-corrected chi connectivity index (χ4v) is 4.74. The maximum absolute atomic E-state index is 14.3. The predicted octanol–water partition coefficient (Wildman–Crippen LogP) is 7.04. The molecule has 0 bridgehead atoms. The average Bonchev–Trinajstić information content (AvgIpc) is 2.60. The van der Waals surface area contributed by atoms with E-state index in [9.17, 15) is 4.39 Å². The summed E-state index contributed by atoms with van der Waals surface area (Å²) in [6, 6.07) is 7.29. The number of rotatable bonds is 2. The van der Waals surface area contributed by atoms with Crippen molar-refractivity contribution in [2.24, 2.45) is 5.92 Å². The van der Waals surface area contributed by atoms with Crippen molar-refractivity contribution < 1.29 is 4.39 Å². The molecule has 2 N–H and O–H groups in total. The third-order valence-electron chi connectivity index (χ3n) is 5.81. The second-order valence-electron chi connectivity index (χ2n) is 7.81. The number of benzene rings is 2. The van der Waals surface area contributed by atoms with Gasteiger partial charge < -0.3 is 10.6 Å². The van der Waals surface area contributed by atoms with E-state index in [1.165, 1.54) is 17.2 Å². The first-order valence-electron chi connectivity index (χ1n) is 9.38. The van der Waals surface area contributed by atoms with Crippen molar-refractivity contribution in [2.45, 2.75) is 39.2 Å². The molecule has 0 saturated carbocycles. The molecule has 2 nitrogen and oxygen atoms in total. The van der Waals surface area contributed by atoms with E-state index < -0.39 is 0 Å². The van der Waals surface area contributed by atoms with Crippen molar-refractivity contribution >= 4 is 29.1 Å². The molecular formula is C23H24ClFN2. The first-order chi connectivity index (χ1) is 12.8. The van der Waals surface area contributed by atoms with Crippen LogP contribution in [0.5, 0.6) is 0 Å². The van der Waals surface area contributed by atoms with Crippen molar-refractivity contribution in [3.63, 3.8) is 0 Å². The van der Waals surface area contributed by atoms with Crippen LogP contribution >= 0.6 is 11.6 Å². The minimum atomic E-state index is -0.267. The summed E-state index contributed by atoms with van der Waals surface area (Å²) in [4.78, 5) is 0. The molecule has 1 aliphatic carbocycles. The standard InChI is InChI=1S/C23H24ClFN2/c1-12-9-13(2)23(18-7-8-19(24)15(4)22(12)18)27-21-11-16(25)10-20-17(21)6-5-14(3)26-20/h5-8,10-13,23,26-27H,3,9H2,1-2,4H3. The van der Waals surface area contributed by atoms with E-state index >= 15 is 0 Å². The molecule has 2 aromatic carbocycles. The Morgan fingerprint density at radius 2 is 2.00 bits per heavy atom. The summed E-state index contributed by atoms with van der Waals surface area (Å²) in [5.74, 6) is 0.608. The van der Waals surface area contributed by atoms with Gasteiger partial charge in [0.05, 0.1) is 11.7 Å². The van der Waals surface area contributed by atoms with Crippen LogP contribution in [0.25, 0.3) is 6.08 Å². The van der Waals surface area contributed by atoms with Crippen LogP contribution in [0.3, 0.4) is 0 Å². The summed E-state index contributed by atoms with van der Waals surface area (Å²) in [5.41, 5.74) is 7.00.